The minimum absolute atomic E-state index is 0.516. The van der Waals surface area contributed by atoms with Gasteiger partial charge < -0.3 is 13.7 Å². The maximum atomic E-state index is 6.29. The van der Waals surface area contributed by atoms with E-state index in [0.29, 0.717) is 10.8 Å². The number of benzene rings is 5. The van der Waals surface area contributed by atoms with Crippen LogP contribution >= 0.6 is 22.9 Å². The number of para-hydroxylation sites is 1. The normalized spacial score (nSPS) is 11.9. The number of fused-ring (bicyclic) bond motifs is 8. The minimum atomic E-state index is 0.516. The first-order chi connectivity index (χ1) is 18.2. The summed E-state index contributed by atoms with van der Waals surface area (Å²) in [5, 5.41) is 6.14. The topological polar surface area (TPSA) is 29.5 Å². The highest BCUT2D eigenvalue weighted by Crippen LogP contribution is 2.43. The fourth-order valence-electron chi connectivity index (χ4n) is 5.29. The first-order valence-corrected chi connectivity index (χ1v) is 13.2. The summed E-state index contributed by atoms with van der Waals surface area (Å²) in [5.74, 6) is 0.516. The van der Waals surface area contributed by atoms with Crippen molar-refractivity contribution in [3.8, 4) is 0 Å². The quantitative estimate of drug-likeness (QED) is 0.234. The first-order valence-electron chi connectivity index (χ1n) is 12.0. The van der Waals surface area contributed by atoms with Crippen LogP contribution < -0.4 is 4.90 Å². The Morgan fingerprint density at radius 2 is 1.30 bits per heavy atom. The molecule has 0 saturated carbocycles. The van der Waals surface area contributed by atoms with Crippen LogP contribution in [0.3, 0.4) is 0 Å². The molecule has 0 aliphatic carbocycles. The number of hydrogen-bond acceptors (Lipinski definition) is 4. The summed E-state index contributed by atoms with van der Waals surface area (Å²) in [7, 11) is 0. The number of halogens is 1. The second-order valence-electron chi connectivity index (χ2n) is 9.14. The molecule has 176 valence electrons. The molecule has 3 nitrogen and oxygen atoms in total. The van der Waals surface area contributed by atoms with Gasteiger partial charge in [-0.2, -0.15) is 0 Å². The third-order valence-electron chi connectivity index (χ3n) is 6.95. The van der Waals surface area contributed by atoms with Crippen molar-refractivity contribution in [1.29, 1.82) is 0 Å². The molecule has 0 spiro atoms. The molecule has 0 unspecified atom stereocenters. The number of anilines is 3. The van der Waals surface area contributed by atoms with E-state index in [-0.39, 0.29) is 0 Å². The Balaban J connectivity index is 1.35. The van der Waals surface area contributed by atoms with Gasteiger partial charge in [-0.05, 0) is 66.7 Å². The third-order valence-corrected chi connectivity index (χ3v) is 8.33. The van der Waals surface area contributed by atoms with Crippen LogP contribution in [0.25, 0.3) is 53.3 Å². The van der Waals surface area contributed by atoms with Crippen molar-refractivity contribution >= 4 is 93.3 Å². The third kappa shape index (κ3) is 3.20. The number of thiophene rings is 1. The summed E-state index contributed by atoms with van der Waals surface area (Å²) in [5.41, 5.74) is 4.72. The van der Waals surface area contributed by atoms with Gasteiger partial charge in [0.1, 0.15) is 11.2 Å². The van der Waals surface area contributed by atoms with Crippen LogP contribution in [0, 0.1) is 0 Å². The molecule has 0 radical (unpaired) electrons. The average molecular weight is 516 g/mol. The molecule has 0 atom stereocenters. The van der Waals surface area contributed by atoms with E-state index in [1.165, 1.54) is 20.2 Å². The van der Waals surface area contributed by atoms with Gasteiger partial charge in [0.2, 0.25) is 0 Å². The molecule has 0 N–H and O–H groups in total. The van der Waals surface area contributed by atoms with Crippen LogP contribution in [0.4, 0.5) is 17.1 Å². The molecule has 0 aliphatic heterocycles. The van der Waals surface area contributed by atoms with E-state index >= 15 is 0 Å². The highest BCUT2D eigenvalue weighted by atomic mass is 35.5. The first kappa shape index (κ1) is 20.9. The summed E-state index contributed by atoms with van der Waals surface area (Å²) in [6.07, 6.45) is 0. The Morgan fingerprint density at radius 1 is 0.541 bits per heavy atom. The Kier molecular flexibility index (Phi) is 4.45. The van der Waals surface area contributed by atoms with Crippen LogP contribution in [0.1, 0.15) is 0 Å². The average Bonchev–Trinajstić information content (AvgIpc) is 3.58. The maximum Gasteiger partial charge on any atom is 0.299 e. The molecule has 8 rings (SSSR count). The summed E-state index contributed by atoms with van der Waals surface area (Å²) < 4.78 is 14.8. The summed E-state index contributed by atoms with van der Waals surface area (Å²) >= 11 is 8.12. The highest BCUT2D eigenvalue weighted by molar-refractivity contribution is 7.25. The van der Waals surface area contributed by atoms with E-state index in [1.807, 2.05) is 35.6 Å². The number of rotatable bonds is 3. The largest absolute Gasteiger partial charge is 0.425 e. The van der Waals surface area contributed by atoms with Gasteiger partial charge in [-0.1, -0.05) is 48.0 Å². The molecule has 3 heterocycles. The zero-order chi connectivity index (χ0) is 24.5. The van der Waals surface area contributed by atoms with Crippen LogP contribution in [0.15, 0.2) is 118 Å². The zero-order valence-corrected chi connectivity index (χ0v) is 21.0. The highest BCUT2D eigenvalue weighted by Gasteiger charge is 2.19. The van der Waals surface area contributed by atoms with Gasteiger partial charge in [0.25, 0.3) is 5.78 Å². The molecule has 0 amide bonds. The molecule has 5 heteroatoms. The summed E-state index contributed by atoms with van der Waals surface area (Å²) in [4.78, 5) is 2.27. The Hall–Kier alpha value is -4.25. The fourth-order valence-corrected chi connectivity index (χ4v) is 6.55. The molecule has 0 bridgehead atoms. The standard InChI is InChI=1S/C32H18ClNO2S/c33-19-10-14-27-26(16-19)31-24-13-11-22(18-28(24)36-32(31)35-27)34(20-6-2-1-3-7-20)21-12-15-30-25(17-21)23-8-4-5-9-29(23)37-30/h1-18H. The number of furan rings is 2. The lowest BCUT2D eigenvalue weighted by molar-refractivity contribution is 0.524. The minimum Gasteiger partial charge on any atom is -0.425 e. The number of nitrogens with zero attached hydrogens (tertiary/aromatic N) is 1. The molecular weight excluding hydrogens is 498 g/mol. The van der Waals surface area contributed by atoms with Gasteiger partial charge in [0, 0.05) is 59.1 Å². The Bertz CT molecular complexity index is 2120. The fraction of sp³-hybridized carbons (Fsp3) is 0. The lowest BCUT2D eigenvalue weighted by Gasteiger charge is -2.25. The van der Waals surface area contributed by atoms with Crippen molar-refractivity contribution < 1.29 is 8.83 Å². The summed E-state index contributed by atoms with van der Waals surface area (Å²) in [6, 6.07) is 37.7. The Morgan fingerprint density at radius 3 is 2.22 bits per heavy atom. The van der Waals surface area contributed by atoms with Crippen LogP contribution in [-0.4, -0.2) is 0 Å². The summed E-state index contributed by atoms with van der Waals surface area (Å²) in [6.45, 7) is 0. The van der Waals surface area contributed by atoms with Crippen LogP contribution in [0.2, 0.25) is 5.02 Å². The second-order valence-corrected chi connectivity index (χ2v) is 10.7. The maximum absolute atomic E-state index is 6.29. The van der Waals surface area contributed by atoms with Crippen LogP contribution in [-0.2, 0) is 0 Å². The van der Waals surface area contributed by atoms with Crippen molar-refractivity contribution in [2.24, 2.45) is 0 Å². The molecule has 0 aliphatic rings. The van der Waals surface area contributed by atoms with E-state index < -0.39 is 0 Å². The smallest absolute Gasteiger partial charge is 0.299 e. The van der Waals surface area contributed by atoms with E-state index in [0.717, 1.165) is 44.4 Å². The van der Waals surface area contributed by atoms with Gasteiger partial charge in [-0.25, -0.2) is 0 Å². The van der Waals surface area contributed by atoms with Gasteiger partial charge in [0.15, 0.2) is 0 Å². The number of hydrogen-bond donors (Lipinski definition) is 0. The molecule has 0 saturated heterocycles. The lowest BCUT2D eigenvalue weighted by Crippen LogP contribution is -2.09. The Labute approximate surface area is 220 Å². The van der Waals surface area contributed by atoms with Gasteiger partial charge in [-0.3, -0.25) is 0 Å². The predicted molar refractivity (Wildman–Crippen MR) is 156 cm³/mol. The van der Waals surface area contributed by atoms with E-state index in [1.54, 1.807) is 0 Å². The molecule has 3 aromatic heterocycles. The molecule has 8 aromatic rings. The van der Waals surface area contributed by atoms with E-state index in [9.17, 15) is 0 Å². The van der Waals surface area contributed by atoms with E-state index in [2.05, 4.69) is 89.8 Å². The van der Waals surface area contributed by atoms with Crippen LogP contribution in [0.5, 0.6) is 0 Å². The van der Waals surface area contributed by atoms with Crippen molar-refractivity contribution in [2.75, 3.05) is 4.90 Å². The zero-order valence-electron chi connectivity index (χ0n) is 19.4. The van der Waals surface area contributed by atoms with Crippen molar-refractivity contribution in [1.82, 2.24) is 0 Å². The second kappa shape index (κ2) is 7.87. The van der Waals surface area contributed by atoms with E-state index in [4.69, 9.17) is 20.4 Å². The molecule has 5 aromatic carbocycles. The predicted octanol–water partition coefficient (Wildman–Crippen LogP) is 10.8. The van der Waals surface area contributed by atoms with Gasteiger partial charge in [0.05, 0.1) is 5.39 Å². The van der Waals surface area contributed by atoms with Gasteiger partial charge >= 0.3 is 0 Å². The SMILES string of the molecule is Clc1ccc2oc3oc4cc(N(c5ccccc5)c5ccc6sc7ccccc7c6c5)ccc4c3c2c1. The monoisotopic (exact) mass is 515 g/mol. The molecule has 0 fully saturated rings. The van der Waals surface area contributed by atoms with Gasteiger partial charge in [-0.15, -0.1) is 11.3 Å². The lowest BCUT2D eigenvalue weighted by atomic mass is 10.1. The van der Waals surface area contributed by atoms with Crippen molar-refractivity contribution in [2.45, 2.75) is 0 Å². The van der Waals surface area contributed by atoms with Crippen molar-refractivity contribution in [3.63, 3.8) is 0 Å². The molecule has 37 heavy (non-hydrogen) atoms. The molecular formula is C32H18ClNO2S. The van der Waals surface area contributed by atoms with Crippen molar-refractivity contribution in [3.05, 3.63) is 114 Å².